The molecule has 2 fully saturated rings. The Balaban J connectivity index is 1.53. The van der Waals surface area contributed by atoms with Gasteiger partial charge in [0, 0.05) is 29.1 Å². The quantitative estimate of drug-likeness (QED) is 0.670. The molecule has 0 atom stereocenters. The number of ether oxygens (including phenoxy) is 1. The largest absolute Gasteiger partial charge is 0.496 e. The van der Waals surface area contributed by atoms with Crippen LogP contribution in [0.4, 0.5) is 0 Å². The van der Waals surface area contributed by atoms with E-state index in [1.54, 1.807) is 7.11 Å². The number of hydrogen-bond acceptors (Lipinski definition) is 4. The highest BCUT2D eigenvalue weighted by Crippen LogP contribution is 2.44. The van der Waals surface area contributed by atoms with E-state index in [1.165, 1.54) is 31.5 Å². The number of rotatable bonds is 7. The molecule has 134 valence electrons. The molecule has 0 bridgehead atoms. The first-order valence-electron chi connectivity index (χ1n) is 8.77. The van der Waals surface area contributed by atoms with Gasteiger partial charge in [-0.2, -0.15) is 5.10 Å². The first kappa shape index (κ1) is 17.1. The van der Waals surface area contributed by atoms with Crippen LogP contribution in [0.15, 0.2) is 18.2 Å². The topological polar surface area (TPSA) is 35.2 Å². The van der Waals surface area contributed by atoms with Crippen LogP contribution in [0.25, 0.3) is 0 Å². The minimum atomic E-state index is 0.579. The van der Waals surface area contributed by atoms with E-state index in [-0.39, 0.29) is 0 Å². The van der Waals surface area contributed by atoms with E-state index in [9.17, 15) is 0 Å². The number of hydrogen-bond donors (Lipinski definition) is 0. The number of halogens is 1. The lowest BCUT2D eigenvalue weighted by Crippen LogP contribution is -2.23. The van der Waals surface area contributed by atoms with Crippen molar-refractivity contribution in [2.24, 2.45) is 0 Å². The summed E-state index contributed by atoms with van der Waals surface area (Å²) in [4.78, 5) is 2.19. The zero-order valence-corrected chi connectivity index (χ0v) is 16.2. The van der Waals surface area contributed by atoms with Crippen LogP contribution in [0, 0.1) is 4.77 Å². The third-order valence-corrected chi connectivity index (χ3v) is 5.45. The molecule has 0 amide bonds. The SMILES string of the molecule is COc1ccc(Cl)cc1CN(C)Cn1nc(C2CC2)n(C2CC2)c1=S. The predicted molar refractivity (Wildman–Crippen MR) is 101 cm³/mol. The Hall–Kier alpha value is -1.37. The Morgan fingerprint density at radius 2 is 2.08 bits per heavy atom. The fraction of sp³-hybridized carbons (Fsp3) is 0.556. The first-order chi connectivity index (χ1) is 12.1. The van der Waals surface area contributed by atoms with E-state index >= 15 is 0 Å². The molecule has 2 aliphatic rings. The van der Waals surface area contributed by atoms with Gasteiger partial charge in [0.05, 0.1) is 13.8 Å². The van der Waals surface area contributed by atoms with Crippen LogP contribution in [0.2, 0.25) is 5.02 Å². The summed E-state index contributed by atoms with van der Waals surface area (Å²) in [6, 6.07) is 6.29. The van der Waals surface area contributed by atoms with Crippen LogP contribution in [0.1, 0.15) is 49.0 Å². The summed E-state index contributed by atoms with van der Waals surface area (Å²) in [5.41, 5.74) is 1.06. The molecule has 1 aromatic carbocycles. The zero-order chi connectivity index (χ0) is 17.6. The molecule has 0 unspecified atom stereocenters. The number of aromatic nitrogens is 3. The summed E-state index contributed by atoms with van der Waals surface area (Å²) in [7, 11) is 3.75. The van der Waals surface area contributed by atoms with Gasteiger partial charge in [0.15, 0.2) is 4.77 Å². The van der Waals surface area contributed by atoms with Crippen LogP contribution in [-0.4, -0.2) is 33.4 Å². The highest BCUT2D eigenvalue weighted by Gasteiger charge is 2.35. The van der Waals surface area contributed by atoms with Crippen molar-refractivity contribution in [3.63, 3.8) is 0 Å². The molecule has 2 aromatic rings. The van der Waals surface area contributed by atoms with Crippen molar-refractivity contribution in [2.75, 3.05) is 14.2 Å². The van der Waals surface area contributed by atoms with Gasteiger partial charge in [0.25, 0.3) is 0 Å². The normalized spacial score (nSPS) is 17.3. The van der Waals surface area contributed by atoms with Crippen LogP contribution >= 0.6 is 23.8 Å². The molecule has 0 radical (unpaired) electrons. The number of nitrogens with zero attached hydrogens (tertiary/aromatic N) is 4. The van der Waals surface area contributed by atoms with Gasteiger partial charge < -0.3 is 9.30 Å². The van der Waals surface area contributed by atoms with Crippen LogP contribution in [-0.2, 0) is 13.2 Å². The van der Waals surface area contributed by atoms with Crippen molar-refractivity contribution < 1.29 is 4.74 Å². The average Bonchev–Trinajstić information content (AvgIpc) is 3.47. The van der Waals surface area contributed by atoms with Crippen LogP contribution < -0.4 is 4.74 Å². The maximum atomic E-state index is 6.14. The van der Waals surface area contributed by atoms with E-state index in [2.05, 4.69) is 16.5 Å². The predicted octanol–water partition coefficient (Wildman–Crippen LogP) is 4.38. The van der Waals surface area contributed by atoms with Gasteiger partial charge in [-0.15, -0.1) is 0 Å². The number of methoxy groups -OCH3 is 1. The van der Waals surface area contributed by atoms with Crippen molar-refractivity contribution >= 4 is 23.8 Å². The molecule has 7 heteroatoms. The van der Waals surface area contributed by atoms with Gasteiger partial charge in [0.2, 0.25) is 0 Å². The maximum absolute atomic E-state index is 6.14. The summed E-state index contributed by atoms with van der Waals surface area (Å²) in [5, 5.41) is 5.57. The highest BCUT2D eigenvalue weighted by molar-refractivity contribution is 7.71. The molecule has 0 spiro atoms. The third-order valence-electron chi connectivity index (χ3n) is 4.81. The molecule has 5 nitrogen and oxygen atoms in total. The van der Waals surface area contributed by atoms with E-state index in [4.69, 9.17) is 33.7 Å². The minimum Gasteiger partial charge on any atom is -0.496 e. The van der Waals surface area contributed by atoms with Crippen LogP contribution in [0.3, 0.4) is 0 Å². The molecule has 2 aliphatic carbocycles. The highest BCUT2D eigenvalue weighted by atomic mass is 35.5. The van der Waals surface area contributed by atoms with Gasteiger partial charge >= 0.3 is 0 Å². The van der Waals surface area contributed by atoms with E-state index in [0.29, 0.717) is 18.6 Å². The van der Waals surface area contributed by atoms with Gasteiger partial charge in [-0.1, -0.05) is 11.6 Å². The monoisotopic (exact) mass is 378 g/mol. The van der Waals surface area contributed by atoms with Crippen molar-refractivity contribution in [1.29, 1.82) is 0 Å². The molecule has 0 saturated heterocycles. The molecule has 1 aromatic heterocycles. The second kappa shape index (κ2) is 6.74. The van der Waals surface area contributed by atoms with Crippen molar-refractivity contribution in [3.05, 3.63) is 39.4 Å². The molecule has 0 N–H and O–H groups in total. The Morgan fingerprint density at radius 3 is 2.72 bits per heavy atom. The molecule has 2 saturated carbocycles. The lowest BCUT2D eigenvalue weighted by Gasteiger charge is -2.18. The smallest absolute Gasteiger partial charge is 0.199 e. The van der Waals surface area contributed by atoms with Crippen molar-refractivity contribution in [1.82, 2.24) is 19.2 Å². The fourth-order valence-corrected chi connectivity index (χ4v) is 3.80. The Bertz CT molecular complexity index is 838. The van der Waals surface area contributed by atoms with Gasteiger partial charge in [-0.3, -0.25) is 4.90 Å². The second-order valence-corrected chi connectivity index (χ2v) is 7.93. The van der Waals surface area contributed by atoms with Crippen molar-refractivity contribution in [2.45, 2.75) is 50.9 Å². The molecular weight excluding hydrogens is 356 g/mol. The summed E-state index contributed by atoms with van der Waals surface area (Å²) in [6.45, 7) is 1.38. The lowest BCUT2D eigenvalue weighted by atomic mass is 10.2. The summed E-state index contributed by atoms with van der Waals surface area (Å²) in [6.07, 6.45) is 4.95. The maximum Gasteiger partial charge on any atom is 0.199 e. The molecule has 1 heterocycles. The summed E-state index contributed by atoms with van der Waals surface area (Å²) >= 11 is 11.9. The van der Waals surface area contributed by atoms with Gasteiger partial charge in [0.1, 0.15) is 11.6 Å². The first-order valence-corrected chi connectivity index (χ1v) is 9.55. The standard InChI is InChI=1S/C18H23ClN4OS/c1-21(10-13-9-14(19)5-8-16(13)24-2)11-22-18(25)23(15-6-7-15)17(20-22)12-3-4-12/h5,8-9,12,15H,3-4,6-7,10-11H2,1-2H3. The molecular formula is C18H23ClN4OS. The van der Waals surface area contributed by atoms with E-state index in [0.717, 1.165) is 27.7 Å². The van der Waals surface area contributed by atoms with Crippen molar-refractivity contribution in [3.8, 4) is 5.75 Å². The van der Waals surface area contributed by atoms with Gasteiger partial charge in [-0.05, 0) is 63.1 Å². The Kier molecular flexibility index (Phi) is 4.60. The average molecular weight is 379 g/mol. The summed E-state index contributed by atoms with van der Waals surface area (Å²) in [5.74, 6) is 2.66. The Morgan fingerprint density at radius 1 is 1.32 bits per heavy atom. The Labute approximate surface area is 158 Å². The summed E-state index contributed by atoms with van der Waals surface area (Å²) < 4.78 is 10.6. The minimum absolute atomic E-state index is 0.579. The van der Waals surface area contributed by atoms with Gasteiger partial charge in [-0.25, -0.2) is 4.68 Å². The van der Waals surface area contributed by atoms with Crippen LogP contribution in [0.5, 0.6) is 5.75 Å². The van der Waals surface area contributed by atoms with E-state index in [1.807, 2.05) is 22.9 Å². The molecule has 4 rings (SSSR count). The van der Waals surface area contributed by atoms with E-state index < -0.39 is 0 Å². The third kappa shape index (κ3) is 3.61. The fourth-order valence-electron chi connectivity index (χ4n) is 3.27. The molecule has 0 aliphatic heterocycles. The second-order valence-electron chi connectivity index (χ2n) is 7.13. The zero-order valence-electron chi connectivity index (χ0n) is 14.6. The lowest BCUT2D eigenvalue weighted by molar-refractivity contribution is 0.240. The molecule has 25 heavy (non-hydrogen) atoms. The number of benzene rings is 1.